The average molecular weight is 186 g/mol. The van der Waals surface area contributed by atoms with Gasteiger partial charge in [-0.25, -0.2) is 0 Å². The van der Waals surface area contributed by atoms with Gasteiger partial charge in [-0.3, -0.25) is 4.79 Å². The van der Waals surface area contributed by atoms with E-state index in [0.29, 0.717) is 12.3 Å². The van der Waals surface area contributed by atoms with Gasteiger partial charge in [-0.2, -0.15) is 0 Å². The molecule has 78 valence electrons. The van der Waals surface area contributed by atoms with Gasteiger partial charge in [-0.1, -0.05) is 27.2 Å². The molecule has 1 amide bonds. The van der Waals surface area contributed by atoms with E-state index in [2.05, 4.69) is 26.1 Å². The molecule has 0 rings (SSSR count). The van der Waals surface area contributed by atoms with Crippen LogP contribution in [-0.2, 0) is 4.79 Å². The van der Waals surface area contributed by atoms with Crippen LogP contribution >= 0.6 is 0 Å². The third-order valence-corrected chi connectivity index (χ3v) is 2.41. The Morgan fingerprint density at radius 3 is 2.46 bits per heavy atom. The van der Waals surface area contributed by atoms with Crippen LogP contribution in [0.5, 0.6) is 0 Å². The van der Waals surface area contributed by atoms with E-state index in [9.17, 15) is 4.79 Å². The molecule has 0 aliphatic rings. The lowest BCUT2D eigenvalue weighted by Crippen LogP contribution is -2.38. The number of nitrogens with one attached hydrogen (secondary N) is 1. The Hall–Kier alpha value is -0.570. The van der Waals surface area contributed by atoms with E-state index >= 15 is 0 Å². The first-order valence-corrected chi connectivity index (χ1v) is 5.13. The van der Waals surface area contributed by atoms with E-state index < -0.39 is 0 Å². The van der Waals surface area contributed by atoms with E-state index in [1.54, 1.807) is 0 Å². The SMILES string of the molecule is CCCNC(CC(N)=O)C(C)CC. The van der Waals surface area contributed by atoms with Crippen molar-refractivity contribution in [3.05, 3.63) is 0 Å². The smallest absolute Gasteiger partial charge is 0.218 e. The lowest BCUT2D eigenvalue weighted by molar-refractivity contribution is -0.118. The van der Waals surface area contributed by atoms with Crippen LogP contribution in [0.15, 0.2) is 0 Å². The zero-order valence-corrected chi connectivity index (χ0v) is 8.97. The van der Waals surface area contributed by atoms with Crippen molar-refractivity contribution in [3.8, 4) is 0 Å². The molecule has 0 fully saturated rings. The van der Waals surface area contributed by atoms with Crippen LogP contribution < -0.4 is 11.1 Å². The van der Waals surface area contributed by atoms with Crippen LogP contribution in [0, 0.1) is 5.92 Å². The maximum absolute atomic E-state index is 10.8. The molecule has 3 nitrogen and oxygen atoms in total. The summed E-state index contributed by atoms with van der Waals surface area (Å²) in [4.78, 5) is 10.8. The molecular weight excluding hydrogens is 164 g/mol. The number of hydrogen-bond donors (Lipinski definition) is 2. The molecule has 0 aliphatic heterocycles. The number of rotatable bonds is 7. The Labute approximate surface area is 81.1 Å². The second kappa shape index (κ2) is 6.89. The largest absolute Gasteiger partial charge is 0.370 e. The second-order valence-electron chi connectivity index (χ2n) is 3.62. The van der Waals surface area contributed by atoms with Crippen molar-refractivity contribution in [1.82, 2.24) is 5.32 Å². The summed E-state index contributed by atoms with van der Waals surface area (Å²) in [5.41, 5.74) is 5.18. The van der Waals surface area contributed by atoms with Gasteiger partial charge in [0.05, 0.1) is 0 Å². The highest BCUT2D eigenvalue weighted by Gasteiger charge is 2.16. The Balaban J connectivity index is 3.94. The summed E-state index contributed by atoms with van der Waals surface area (Å²) in [5.74, 6) is 0.299. The Morgan fingerprint density at radius 1 is 1.46 bits per heavy atom. The van der Waals surface area contributed by atoms with Gasteiger partial charge in [-0.15, -0.1) is 0 Å². The average Bonchev–Trinajstić information content (AvgIpc) is 2.10. The Bertz CT molecular complexity index is 148. The molecule has 0 radical (unpaired) electrons. The van der Waals surface area contributed by atoms with Crippen molar-refractivity contribution in [2.45, 2.75) is 46.1 Å². The Kier molecular flexibility index (Phi) is 6.59. The number of nitrogens with two attached hydrogens (primary N) is 1. The molecule has 0 aromatic rings. The third kappa shape index (κ3) is 5.64. The lowest BCUT2D eigenvalue weighted by atomic mass is 9.96. The van der Waals surface area contributed by atoms with Crippen molar-refractivity contribution < 1.29 is 4.79 Å². The predicted octanol–water partition coefficient (Wildman–Crippen LogP) is 1.28. The number of hydrogen-bond acceptors (Lipinski definition) is 2. The molecular formula is C10H22N2O. The van der Waals surface area contributed by atoms with Crippen LogP contribution in [0.25, 0.3) is 0 Å². The normalized spacial score (nSPS) is 15.3. The van der Waals surface area contributed by atoms with E-state index in [4.69, 9.17) is 5.73 Å². The van der Waals surface area contributed by atoms with Crippen molar-refractivity contribution in [2.24, 2.45) is 11.7 Å². The van der Waals surface area contributed by atoms with Crippen molar-refractivity contribution in [3.63, 3.8) is 0 Å². The van der Waals surface area contributed by atoms with E-state index in [0.717, 1.165) is 19.4 Å². The number of primary amides is 1. The molecule has 0 saturated heterocycles. The molecule has 0 heterocycles. The molecule has 3 heteroatoms. The quantitative estimate of drug-likeness (QED) is 0.629. The van der Waals surface area contributed by atoms with Gasteiger partial charge >= 0.3 is 0 Å². The summed E-state index contributed by atoms with van der Waals surface area (Å²) >= 11 is 0. The minimum absolute atomic E-state index is 0.214. The van der Waals surface area contributed by atoms with Gasteiger partial charge < -0.3 is 11.1 Å². The first-order valence-electron chi connectivity index (χ1n) is 5.13. The van der Waals surface area contributed by atoms with E-state index in [-0.39, 0.29) is 11.9 Å². The zero-order chi connectivity index (χ0) is 10.3. The van der Waals surface area contributed by atoms with Gasteiger partial charge in [0.25, 0.3) is 0 Å². The maximum atomic E-state index is 10.8. The van der Waals surface area contributed by atoms with Crippen molar-refractivity contribution in [1.29, 1.82) is 0 Å². The van der Waals surface area contributed by atoms with Gasteiger partial charge in [0.15, 0.2) is 0 Å². The minimum atomic E-state index is -0.214. The number of carbonyl (C=O) groups is 1. The summed E-state index contributed by atoms with van der Waals surface area (Å²) in [6.45, 7) is 7.36. The molecule has 2 unspecified atom stereocenters. The van der Waals surface area contributed by atoms with Crippen LogP contribution in [0.3, 0.4) is 0 Å². The minimum Gasteiger partial charge on any atom is -0.370 e. The van der Waals surface area contributed by atoms with Crippen molar-refractivity contribution in [2.75, 3.05) is 6.54 Å². The summed E-state index contributed by atoms with van der Waals surface area (Å²) in [6.07, 6.45) is 2.62. The molecule has 0 aliphatic carbocycles. The molecule has 0 aromatic heterocycles. The summed E-state index contributed by atoms with van der Waals surface area (Å²) < 4.78 is 0. The van der Waals surface area contributed by atoms with Gasteiger partial charge in [0, 0.05) is 12.5 Å². The summed E-state index contributed by atoms with van der Waals surface area (Å²) in [7, 11) is 0. The fraction of sp³-hybridized carbons (Fsp3) is 0.900. The fourth-order valence-corrected chi connectivity index (χ4v) is 1.31. The third-order valence-electron chi connectivity index (χ3n) is 2.41. The molecule has 0 aromatic carbocycles. The highest BCUT2D eigenvalue weighted by atomic mass is 16.1. The molecule has 13 heavy (non-hydrogen) atoms. The number of carbonyl (C=O) groups excluding carboxylic acids is 1. The Morgan fingerprint density at radius 2 is 2.08 bits per heavy atom. The monoisotopic (exact) mass is 186 g/mol. The number of amides is 1. The standard InChI is InChI=1S/C10H22N2O/c1-4-6-12-9(7-10(11)13)8(3)5-2/h8-9,12H,4-7H2,1-3H3,(H2,11,13). The first kappa shape index (κ1) is 12.4. The van der Waals surface area contributed by atoms with Crippen LogP contribution in [0.2, 0.25) is 0 Å². The maximum Gasteiger partial charge on any atom is 0.218 e. The molecule has 0 spiro atoms. The van der Waals surface area contributed by atoms with Crippen LogP contribution in [0.4, 0.5) is 0 Å². The molecule has 0 bridgehead atoms. The van der Waals surface area contributed by atoms with E-state index in [1.165, 1.54) is 0 Å². The van der Waals surface area contributed by atoms with Crippen LogP contribution in [0.1, 0.15) is 40.0 Å². The van der Waals surface area contributed by atoms with Crippen LogP contribution in [-0.4, -0.2) is 18.5 Å². The van der Waals surface area contributed by atoms with Gasteiger partial charge in [0.1, 0.15) is 0 Å². The van der Waals surface area contributed by atoms with Gasteiger partial charge in [0.2, 0.25) is 5.91 Å². The zero-order valence-electron chi connectivity index (χ0n) is 8.97. The van der Waals surface area contributed by atoms with Crippen molar-refractivity contribution >= 4 is 5.91 Å². The topological polar surface area (TPSA) is 55.1 Å². The van der Waals surface area contributed by atoms with Gasteiger partial charge in [-0.05, 0) is 18.9 Å². The highest BCUT2D eigenvalue weighted by molar-refractivity contribution is 5.74. The van der Waals surface area contributed by atoms with E-state index in [1.807, 2.05) is 0 Å². The highest BCUT2D eigenvalue weighted by Crippen LogP contribution is 2.10. The molecule has 3 N–H and O–H groups in total. The second-order valence-corrected chi connectivity index (χ2v) is 3.62. The molecule has 2 atom stereocenters. The summed E-state index contributed by atoms with van der Waals surface area (Å²) in [5, 5.41) is 3.35. The lowest BCUT2D eigenvalue weighted by Gasteiger charge is -2.22. The summed E-state index contributed by atoms with van der Waals surface area (Å²) in [6, 6.07) is 0.252. The first-order chi connectivity index (χ1) is 6.11. The fourth-order valence-electron chi connectivity index (χ4n) is 1.31. The molecule has 0 saturated carbocycles. The predicted molar refractivity (Wildman–Crippen MR) is 55.3 cm³/mol.